The number of esters is 6. The Morgan fingerprint density at radius 2 is 1.16 bits per heavy atom. The molecule has 4 bridgehead atoms. The zero-order valence-corrected chi connectivity index (χ0v) is 44.5. The summed E-state index contributed by atoms with van der Waals surface area (Å²) in [4.78, 5) is 107. The van der Waals surface area contributed by atoms with Crippen LogP contribution in [-0.4, -0.2) is 92.3 Å². The summed E-state index contributed by atoms with van der Waals surface area (Å²) < 4.78 is 34.0. The standard InChI is InChI=1S/C59H64N2O14S/c1-34(2)52(64)73-37(6)19-21-70-56(68)46-17-15-44(26-48(46)50(62)60-8)76-45-16-18-47(57(69)71-22-20-38(7)74-53(65)35(3)4)49(27-45)51(63)61-43-14-10-13-42(25-43)55(67)75-59-30-39-24-40(31-59)29-58(28-39,32-59)33-72-54(66)41-12-9-11-36(5)23-41/h9-18,23,25-27,37-40H,1,3,19-22,24,28-33H2,2,4-8H3,(H,60,62)(H,61,63). The molecule has 16 nitrogen and oxygen atoms in total. The van der Waals surface area contributed by atoms with Crippen LogP contribution in [0.3, 0.4) is 0 Å². The predicted octanol–water partition coefficient (Wildman–Crippen LogP) is 10.2. The molecule has 0 heterocycles. The van der Waals surface area contributed by atoms with Gasteiger partial charge in [0.1, 0.15) is 17.8 Å². The van der Waals surface area contributed by atoms with Crippen molar-refractivity contribution in [2.24, 2.45) is 17.3 Å². The molecule has 4 aliphatic carbocycles. The van der Waals surface area contributed by atoms with Gasteiger partial charge in [-0.1, -0.05) is 48.7 Å². The smallest absolute Gasteiger partial charge is 0.338 e. The normalized spacial score (nSPS) is 19.7. The summed E-state index contributed by atoms with van der Waals surface area (Å²) in [6, 6.07) is 22.7. The lowest BCUT2D eigenvalue weighted by Gasteiger charge is -2.60. The van der Waals surface area contributed by atoms with Crippen molar-refractivity contribution in [2.75, 3.05) is 32.2 Å². The summed E-state index contributed by atoms with van der Waals surface area (Å²) in [7, 11) is 1.42. The third kappa shape index (κ3) is 14.2. The molecule has 2 N–H and O–H groups in total. The lowest BCUT2D eigenvalue weighted by atomic mass is 9.48. The Bertz CT molecular complexity index is 2950. The minimum atomic E-state index is -0.830. The van der Waals surface area contributed by atoms with Gasteiger partial charge in [0, 0.05) is 51.9 Å². The number of hydrogen-bond donors (Lipinski definition) is 2. The number of anilines is 1. The molecule has 2 amide bonds. The first-order valence-electron chi connectivity index (χ1n) is 25.3. The van der Waals surface area contributed by atoms with E-state index in [1.165, 1.54) is 51.2 Å². The van der Waals surface area contributed by atoms with Gasteiger partial charge in [-0.05, 0) is 152 Å². The van der Waals surface area contributed by atoms with E-state index in [9.17, 15) is 38.4 Å². The molecule has 17 heteroatoms. The Balaban J connectivity index is 1.07. The minimum absolute atomic E-state index is 0.0120. The van der Waals surface area contributed by atoms with Gasteiger partial charge < -0.3 is 39.1 Å². The summed E-state index contributed by atoms with van der Waals surface area (Å²) in [6.07, 6.45) is 4.02. The number of rotatable bonds is 22. The maximum absolute atomic E-state index is 14.4. The highest BCUT2D eigenvalue weighted by Gasteiger charge is 2.60. The van der Waals surface area contributed by atoms with Crippen LogP contribution in [-0.2, 0) is 38.0 Å². The van der Waals surface area contributed by atoms with E-state index in [0.717, 1.165) is 36.6 Å². The second-order valence-electron chi connectivity index (χ2n) is 20.5. The van der Waals surface area contributed by atoms with E-state index >= 15 is 0 Å². The lowest BCUT2D eigenvalue weighted by molar-refractivity contribution is -0.177. The molecular weight excluding hydrogens is 993 g/mol. The number of amides is 2. The van der Waals surface area contributed by atoms with Crippen molar-refractivity contribution in [1.29, 1.82) is 0 Å². The molecule has 0 saturated heterocycles. The highest BCUT2D eigenvalue weighted by molar-refractivity contribution is 7.99. The maximum atomic E-state index is 14.4. The quantitative estimate of drug-likeness (QED) is 0.0425. The van der Waals surface area contributed by atoms with Crippen molar-refractivity contribution in [1.82, 2.24) is 5.32 Å². The number of nitrogens with one attached hydrogen (secondary N) is 2. The third-order valence-corrected chi connectivity index (χ3v) is 14.7. The summed E-state index contributed by atoms with van der Waals surface area (Å²) in [6.45, 7) is 15.4. The van der Waals surface area contributed by atoms with Crippen molar-refractivity contribution >= 4 is 65.1 Å². The van der Waals surface area contributed by atoms with E-state index in [-0.39, 0.29) is 88.7 Å². The SMILES string of the molecule is C=C(C)C(=O)OC(C)CCOC(=O)c1ccc(Sc2ccc(C(=O)OCCC(C)OC(=O)C(=C)C)c(C(=O)Nc3cccc(C(=O)OC45CC6CC(CC(COC(=O)c7cccc(C)c7)(C6)C4)C5)c3)c2)cc1C(=O)NC. The molecule has 4 aliphatic rings. The molecule has 76 heavy (non-hydrogen) atoms. The van der Waals surface area contributed by atoms with E-state index < -0.39 is 59.5 Å². The van der Waals surface area contributed by atoms with Gasteiger partial charge >= 0.3 is 35.8 Å². The van der Waals surface area contributed by atoms with Crippen molar-refractivity contribution < 1.29 is 66.8 Å². The molecule has 4 saturated carbocycles. The third-order valence-electron chi connectivity index (χ3n) is 13.8. The number of hydrogen-bond acceptors (Lipinski definition) is 15. The molecule has 4 fully saturated rings. The van der Waals surface area contributed by atoms with Crippen LogP contribution >= 0.6 is 11.8 Å². The number of aryl methyl sites for hydroxylation is 1. The zero-order chi connectivity index (χ0) is 54.9. The van der Waals surface area contributed by atoms with Crippen LogP contribution < -0.4 is 10.6 Å². The topological polar surface area (TPSA) is 216 Å². The second kappa shape index (κ2) is 24.4. The summed E-state index contributed by atoms with van der Waals surface area (Å²) in [5.74, 6) is -4.30. The van der Waals surface area contributed by atoms with Crippen molar-refractivity contribution in [3.8, 4) is 0 Å². The van der Waals surface area contributed by atoms with Gasteiger partial charge in [0.15, 0.2) is 0 Å². The second-order valence-corrected chi connectivity index (χ2v) is 21.6. The molecule has 8 rings (SSSR count). The maximum Gasteiger partial charge on any atom is 0.338 e. The average molecular weight is 1060 g/mol. The number of ether oxygens (including phenoxy) is 6. The van der Waals surface area contributed by atoms with Gasteiger partial charge in [-0.3, -0.25) is 9.59 Å². The van der Waals surface area contributed by atoms with E-state index in [1.807, 2.05) is 19.1 Å². The van der Waals surface area contributed by atoms with Crippen LogP contribution in [0.4, 0.5) is 5.69 Å². The van der Waals surface area contributed by atoms with Gasteiger partial charge in [-0.15, -0.1) is 0 Å². The van der Waals surface area contributed by atoms with Crippen LogP contribution in [0.15, 0.2) is 119 Å². The lowest BCUT2D eigenvalue weighted by Crippen LogP contribution is -2.58. The van der Waals surface area contributed by atoms with E-state index in [1.54, 1.807) is 56.3 Å². The van der Waals surface area contributed by atoms with E-state index in [2.05, 4.69) is 23.8 Å². The van der Waals surface area contributed by atoms with Crippen LogP contribution in [0.25, 0.3) is 0 Å². The Labute approximate surface area is 446 Å². The predicted molar refractivity (Wildman–Crippen MR) is 282 cm³/mol. The Morgan fingerprint density at radius 3 is 1.68 bits per heavy atom. The summed E-state index contributed by atoms with van der Waals surface area (Å²) in [5, 5.41) is 5.37. The van der Waals surface area contributed by atoms with Gasteiger partial charge in [-0.2, -0.15) is 0 Å². The molecule has 0 spiro atoms. The van der Waals surface area contributed by atoms with Crippen LogP contribution in [0.2, 0.25) is 0 Å². The van der Waals surface area contributed by atoms with Crippen LogP contribution in [0.1, 0.15) is 147 Å². The van der Waals surface area contributed by atoms with Gasteiger partial charge in [-0.25, -0.2) is 28.8 Å². The monoisotopic (exact) mass is 1060 g/mol. The fraction of sp³-hybridized carbons (Fsp3) is 0.390. The Kier molecular flexibility index (Phi) is 18.1. The molecule has 0 aliphatic heterocycles. The number of carbonyl (C=O) groups excluding carboxylic acids is 8. The minimum Gasteiger partial charge on any atom is -0.462 e. The Hall–Kier alpha value is -7.53. The molecule has 4 aromatic carbocycles. The van der Waals surface area contributed by atoms with Gasteiger partial charge in [0.2, 0.25) is 0 Å². The molecule has 4 unspecified atom stereocenters. The zero-order valence-electron chi connectivity index (χ0n) is 43.7. The number of carbonyl (C=O) groups is 8. The molecule has 4 aromatic rings. The van der Waals surface area contributed by atoms with Crippen LogP contribution in [0, 0.1) is 24.2 Å². The van der Waals surface area contributed by atoms with Crippen LogP contribution in [0.5, 0.6) is 0 Å². The first kappa shape index (κ1) is 56.2. The fourth-order valence-electron chi connectivity index (χ4n) is 10.6. The molecule has 400 valence electrons. The van der Waals surface area contributed by atoms with Gasteiger partial charge in [0.25, 0.3) is 11.8 Å². The molecular formula is C59H64N2O14S. The first-order valence-corrected chi connectivity index (χ1v) is 26.1. The van der Waals surface area contributed by atoms with E-state index in [4.69, 9.17) is 28.4 Å². The summed E-state index contributed by atoms with van der Waals surface area (Å²) in [5.41, 5.74) is 1.16. The molecule has 4 atom stereocenters. The Morgan fingerprint density at radius 1 is 0.632 bits per heavy atom. The average Bonchev–Trinajstić information content (AvgIpc) is 3.37. The largest absolute Gasteiger partial charge is 0.462 e. The van der Waals surface area contributed by atoms with Crippen molar-refractivity contribution in [2.45, 2.75) is 114 Å². The summed E-state index contributed by atoms with van der Waals surface area (Å²) >= 11 is 1.14. The van der Waals surface area contributed by atoms with Crippen molar-refractivity contribution in [3.63, 3.8) is 0 Å². The fourth-order valence-corrected chi connectivity index (χ4v) is 11.5. The van der Waals surface area contributed by atoms with Gasteiger partial charge in [0.05, 0.1) is 53.2 Å². The first-order chi connectivity index (χ1) is 36.1. The molecule has 0 aromatic heterocycles. The highest BCUT2D eigenvalue weighted by Crippen LogP contribution is 2.63. The molecule has 0 radical (unpaired) electrons. The number of benzene rings is 4. The van der Waals surface area contributed by atoms with E-state index in [0.29, 0.717) is 46.5 Å². The van der Waals surface area contributed by atoms with Crippen molar-refractivity contribution in [3.05, 3.63) is 148 Å². The highest BCUT2D eigenvalue weighted by atomic mass is 32.2.